The number of fused-ring (bicyclic) bond motifs is 2. The molecule has 4 rings (SSSR count). The molecule has 0 bridgehead atoms. The second kappa shape index (κ2) is 6.83. The highest BCUT2D eigenvalue weighted by atomic mass is 35.5. The molecule has 0 atom stereocenters. The Labute approximate surface area is 160 Å². The number of benzene rings is 1. The van der Waals surface area contributed by atoms with E-state index in [-0.39, 0.29) is 11.5 Å². The lowest BCUT2D eigenvalue weighted by molar-refractivity contribution is 0.102. The van der Waals surface area contributed by atoms with E-state index in [2.05, 4.69) is 15.7 Å². The van der Waals surface area contributed by atoms with Gasteiger partial charge in [-0.1, -0.05) is 17.7 Å². The van der Waals surface area contributed by atoms with Crippen LogP contribution in [0.1, 0.15) is 34.1 Å². The van der Waals surface area contributed by atoms with Crippen molar-refractivity contribution < 1.29 is 4.79 Å². The van der Waals surface area contributed by atoms with Gasteiger partial charge in [0.05, 0.1) is 11.8 Å². The SMILES string of the molecule is CCn1c2c(c(=O)n3ncc(C(=O)Nc4cccc(Cl)c4C)c13)CNCC2. The number of hydrogen-bond acceptors (Lipinski definition) is 4. The fraction of sp³-hybridized carbons (Fsp3) is 0.316. The van der Waals surface area contributed by atoms with Gasteiger partial charge in [-0.2, -0.15) is 9.61 Å². The van der Waals surface area contributed by atoms with Crippen molar-refractivity contribution in [3.63, 3.8) is 0 Å². The molecule has 0 saturated carbocycles. The summed E-state index contributed by atoms with van der Waals surface area (Å²) in [4.78, 5) is 25.8. The van der Waals surface area contributed by atoms with Crippen molar-refractivity contribution in [2.45, 2.75) is 33.4 Å². The van der Waals surface area contributed by atoms with Gasteiger partial charge in [0, 0.05) is 42.5 Å². The summed E-state index contributed by atoms with van der Waals surface area (Å²) >= 11 is 6.15. The largest absolute Gasteiger partial charge is 0.329 e. The molecule has 27 heavy (non-hydrogen) atoms. The molecular formula is C19H20ClN5O2. The number of anilines is 1. The Morgan fingerprint density at radius 3 is 3.00 bits per heavy atom. The van der Waals surface area contributed by atoms with Gasteiger partial charge < -0.3 is 15.2 Å². The molecule has 140 valence electrons. The van der Waals surface area contributed by atoms with E-state index in [0.29, 0.717) is 35.0 Å². The molecule has 0 spiro atoms. The third-order valence-electron chi connectivity index (χ3n) is 5.04. The van der Waals surface area contributed by atoms with Crippen LogP contribution >= 0.6 is 11.6 Å². The lowest BCUT2D eigenvalue weighted by Gasteiger charge is -2.22. The predicted octanol–water partition coefficient (Wildman–Crippen LogP) is 2.38. The molecule has 0 unspecified atom stereocenters. The number of nitrogens with zero attached hydrogens (tertiary/aromatic N) is 3. The number of carbonyl (C=O) groups is 1. The Balaban J connectivity index is 1.85. The van der Waals surface area contributed by atoms with Crippen molar-refractivity contribution >= 4 is 28.8 Å². The summed E-state index contributed by atoms with van der Waals surface area (Å²) in [6, 6.07) is 5.36. The molecule has 1 aliphatic rings. The fourth-order valence-corrected chi connectivity index (χ4v) is 3.78. The number of aromatic nitrogens is 3. The van der Waals surface area contributed by atoms with Crippen molar-refractivity contribution in [2.24, 2.45) is 0 Å². The molecule has 1 aromatic carbocycles. The van der Waals surface area contributed by atoms with Crippen LogP contribution in [0.2, 0.25) is 5.02 Å². The molecule has 1 amide bonds. The van der Waals surface area contributed by atoms with Crippen LogP contribution in [0, 0.1) is 6.92 Å². The number of carbonyl (C=O) groups excluding carboxylic acids is 1. The zero-order chi connectivity index (χ0) is 19.1. The van der Waals surface area contributed by atoms with Crippen LogP contribution in [0.3, 0.4) is 0 Å². The number of aryl methyl sites for hydroxylation is 1. The summed E-state index contributed by atoms with van der Waals surface area (Å²) in [5, 5.41) is 10.9. The van der Waals surface area contributed by atoms with Gasteiger partial charge >= 0.3 is 0 Å². The fourth-order valence-electron chi connectivity index (χ4n) is 3.61. The first kappa shape index (κ1) is 17.8. The highest BCUT2D eigenvalue weighted by molar-refractivity contribution is 6.31. The van der Waals surface area contributed by atoms with Crippen molar-refractivity contribution in [1.29, 1.82) is 0 Å². The van der Waals surface area contributed by atoms with E-state index in [0.717, 1.165) is 29.8 Å². The van der Waals surface area contributed by atoms with Gasteiger partial charge in [-0.3, -0.25) is 9.59 Å². The number of halogens is 1. The first-order valence-corrected chi connectivity index (χ1v) is 9.30. The second-order valence-corrected chi connectivity index (χ2v) is 6.97. The molecule has 2 N–H and O–H groups in total. The van der Waals surface area contributed by atoms with Gasteiger partial charge in [-0.25, -0.2) is 0 Å². The molecule has 0 saturated heterocycles. The minimum Gasteiger partial charge on any atom is -0.329 e. The Hall–Kier alpha value is -2.64. The van der Waals surface area contributed by atoms with E-state index < -0.39 is 0 Å². The van der Waals surface area contributed by atoms with Gasteiger partial charge in [-0.05, 0) is 31.5 Å². The maximum absolute atomic E-state index is 13.0. The summed E-state index contributed by atoms with van der Waals surface area (Å²) < 4.78 is 3.35. The van der Waals surface area contributed by atoms with Crippen LogP contribution in [-0.2, 0) is 19.5 Å². The van der Waals surface area contributed by atoms with Crippen molar-refractivity contribution in [3.05, 3.63) is 62.2 Å². The molecule has 3 heterocycles. The third kappa shape index (κ3) is 2.83. The molecule has 1 aliphatic heterocycles. The zero-order valence-corrected chi connectivity index (χ0v) is 15.9. The average Bonchev–Trinajstić information content (AvgIpc) is 3.11. The third-order valence-corrected chi connectivity index (χ3v) is 5.45. The molecule has 2 aromatic heterocycles. The molecule has 0 aliphatic carbocycles. The number of amides is 1. The Bertz CT molecular complexity index is 1120. The van der Waals surface area contributed by atoms with Gasteiger partial charge in [0.25, 0.3) is 11.5 Å². The van der Waals surface area contributed by atoms with Crippen molar-refractivity contribution in [2.75, 3.05) is 11.9 Å². The molecule has 0 fully saturated rings. The van der Waals surface area contributed by atoms with Gasteiger partial charge in [0.15, 0.2) is 5.65 Å². The van der Waals surface area contributed by atoms with E-state index in [1.165, 1.54) is 10.7 Å². The molecule has 3 aromatic rings. The Kier molecular flexibility index (Phi) is 4.49. The molecule has 7 nitrogen and oxygen atoms in total. The minimum atomic E-state index is -0.314. The van der Waals surface area contributed by atoms with Crippen LogP contribution < -0.4 is 16.2 Å². The van der Waals surface area contributed by atoms with Crippen LogP contribution in [0.5, 0.6) is 0 Å². The van der Waals surface area contributed by atoms with Crippen LogP contribution in [-0.4, -0.2) is 26.6 Å². The van der Waals surface area contributed by atoms with Crippen molar-refractivity contribution in [3.8, 4) is 0 Å². The molecular weight excluding hydrogens is 366 g/mol. The lowest BCUT2D eigenvalue weighted by atomic mass is 10.1. The smallest absolute Gasteiger partial charge is 0.279 e. The summed E-state index contributed by atoms with van der Waals surface area (Å²) in [6.45, 7) is 5.82. The van der Waals surface area contributed by atoms with Gasteiger partial charge in [-0.15, -0.1) is 0 Å². The van der Waals surface area contributed by atoms with Crippen LogP contribution in [0.25, 0.3) is 5.65 Å². The van der Waals surface area contributed by atoms with Crippen LogP contribution in [0.4, 0.5) is 5.69 Å². The first-order valence-electron chi connectivity index (χ1n) is 8.92. The van der Waals surface area contributed by atoms with E-state index in [4.69, 9.17) is 11.6 Å². The monoisotopic (exact) mass is 385 g/mol. The van der Waals surface area contributed by atoms with E-state index in [1.807, 2.05) is 18.4 Å². The topological polar surface area (TPSA) is 80.4 Å². The zero-order valence-electron chi connectivity index (χ0n) is 15.2. The Morgan fingerprint density at radius 1 is 1.41 bits per heavy atom. The second-order valence-electron chi connectivity index (χ2n) is 6.56. The van der Waals surface area contributed by atoms with Gasteiger partial charge in [0.1, 0.15) is 5.56 Å². The van der Waals surface area contributed by atoms with E-state index in [1.54, 1.807) is 18.2 Å². The maximum Gasteiger partial charge on any atom is 0.279 e. The standard InChI is InChI=1S/C19H20ClN5O2/c1-3-24-16-7-8-21-9-12(16)19(27)25-18(24)13(10-22-25)17(26)23-15-6-4-5-14(20)11(15)2/h4-6,10,21H,3,7-9H2,1-2H3,(H,23,26). The normalized spacial score (nSPS) is 13.6. The molecule has 8 heteroatoms. The highest BCUT2D eigenvalue weighted by Gasteiger charge is 2.24. The Morgan fingerprint density at radius 2 is 2.22 bits per heavy atom. The number of hydrogen-bond donors (Lipinski definition) is 2. The summed E-state index contributed by atoms with van der Waals surface area (Å²) in [6.07, 6.45) is 2.20. The van der Waals surface area contributed by atoms with E-state index >= 15 is 0 Å². The predicted molar refractivity (Wildman–Crippen MR) is 105 cm³/mol. The lowest BCUT2D eigenvalue weighted by Crippen LogP contribution is -2.36. The van der Waals surface area contributed by atoms with E-state index in [9.17, 15) is 9.59 Å². The summed E-state index contributed by atoms with van der Waals surface area (Å²) in [5.74, 6) is -0.314. The minimum absolute atomic E-state index is 0.171. The summed E-state index contributed by atoms with van der Waals surface area (Å²) in [5.41, 5.74) is 3.85. The summed E-state index contributed by atoms with van der Waals surface area (Å²) in [7, 11) is 0. The number of rotatable bonds is 3. The number of nitrogens with one attached hydrogen (secondary N) is 2. The average molecular weight is 386 g/mol. The molecule has 0 radical (unpaired) electrons. The van der Waals surface area contributed by atoms with Gasteiger partial charge in [0.2, 0.25) is 0 Å². The first-order chi connectivity index (χ1) is 13.0. The van der Waals surface area contributed by atoms with Crippen LogP contribution in [0.15, 0.2) is 29.2 Å². The highest BCUT2D eigenvalue weighted by Crippen LogP contribution is 2.24. The van der Waals surface area contributed by atoms with Crippen molar-refractivity contribution in [1.82, 2.24) is 19.5 Å². The maximum atomic E-state index is 13.0. The quantitative estimate of drug-likeness (QED) is 0.725.